The first-order valence-electron chi connectivity index (χ1n) is 11.8. The number of hydrogen-bond donors (Lipinski definition) is 2. The number of nitrogens with zero attached hydrogens (tertiary/aromatic N) is 7. The molecule has 1 aliphatic heterocycles. The monoisotopic (exact) mass is 541 g/mol. The first kappa shape index (κ1) is 25.8. The van der Waals surface area contributed by atoms with Crippen LogP contribution in [-0.4, -0.2) is 71.3 Å². The molecule has 0 bridgehead atoms. The number of fused-ring (bicyclic) bond motifs is 1. The summed E-state index contributed by atoms with van der Waals surface area (Å²) in [6.45, 7) is 2.90. The minimum atomic E-state index is -3.99. The molecule has 0 saturated carbocycles. The Morgan fingerprint density at radius 3 is 2.39 bits per heavy atom. The number of halogens is 1. The van der Waals surface area contributed by atoms with Gasteiger partial charge in [-0.05, 0) is 18.2 Å². The molecule has 1 aromatic carbocycles. The number of benzene rings is 1. The zero-order chi connectivity index (χ0) is 27.2. The van der Waals surface area contributed by atoms with Gasteiger partial charge in [-0.2, -0.15) is 17.8 Å². The third-order valence-electron chi connectivity index (χ3n) is 6.35. The molecule has 3 aromatic heterocycles. The summed E-state index contributed by atoms with van der Waals surface area (Å²) in [4.78, 5) is 13.2. The van der Waals surface area contributed by atoms with Crippen molar-refractivity contribution in [1.82, 2.24) is 29.0 Å². The summed E-state index contributed by atoms with van der Waals surface area (Å²) in [5.41, 5.74) is 13.5. The van der Waals surface area contributed by atoms with Gasteiger partial charge in [0.05, 0.1) is 25.1 Å². The Balaban J connectivity index is 1.60. The van der Waals surface area contributed by atoms with Crippen molar-refractivity contribution in [2.24, 2.45) is 5.41 Å². The molecule has 14 heteroatoms. The van der Waals surface area contributed by atoms with Crippen molar-refractivity contribution in [3.63, 3.8) is 0 Å². The summed E-state index contributed by atoms with van der Waals surface area (Å²) >= 11 is 0. The van der Waals surface area contributed by atoms with Gasteiger partial charge < -0.3 is 16.2 Å². The van der Waals surface area contributed by atoms with Crippen LogP contribution in [0.1, 0.15) is 12.5 Å². The van der Waals surface area contributed by atoms with E-state index in [0.29, 0.717) is 35.5 Å². The number of aromatic nitrogens is 5. The standard InChI is InChI=1S/C24H28FN9O3S/c1-24(13-37-14-24)12-34(38(35,36)32(2)3)19-20(26)29-22(30-21(19)27)18-16-8-6-10-28-23(16)33(31-18)11-15-7-4-5-9-17(15)25/h4-10H,11-14H2,1-3H3,(H4,26,27,29,30). The zero-order valence-corrected chi connectivity index (χ0v) is 22.0. The Kier molecular flexibility index (Phi) is 6.41. The highest BCUT2D eigenvalue weighted by molar-refractivity contribution is 7.90. The highest BCUT2D eigenvalue weighted by Gasteiger charge is 2.41. The topological polar surface area (TPSA) is 158 Å². The Morgan fingerprint density at radius 1 is 1.11 bits per heavy atom. The predicted octanol–water partition coefficient (Wildman–Crippen LogP) is 1.89. The van der Waals surface area contributed by atoms with Gasteiger partial charge in [0.15, 0.2) is 23.1 Å². The Labute approximate surface area is 219 Å². The average molecular weight is 542 g/mol. The summed E-state index contributed by atoms with van der Waals surface area (Å²) in [5, 5.41) is 5.21. The van der Waals surface area contributed by atoms with Gasteiger partial charge in [0.25, 0.3) is 0 Å². The molecule has 0 aliphatic carbocycles. The highest BCUT2D eigenvalue weighted by atomic mass is 32.2. The van der Waals surface area contributed by atoms with E-state index in [1.807, 2.05) is 6.92 Å². The number of anilines is 3. The molecule has 200 valence electrons. The zero-order valence-electron chi connectivity index (χ0n) is 21.2. The average Bonchev–Trinajstić information content (AvgIpc) is 3.21. The van der Waals surface area contributed by atoms with Crippen molar-refractivity contribution in [3.05, 3.63) is 54.0 Å². The van der Waals surface area contributed by atoms with Crippen LogP contribution in [0.5, 0.6) is 0 Å². The van der Waals surface area contributed by atoms with Gasteiger partial charge in [-0.3, -0.25) is 0 Å². The van der Waals surface area contributed by atoms with Crippen LogP contribution in [0.4, 0.5) is 21.7 Å². The Morgan fingerprint density at radius 2 is 1.79 bits per heavy atom. The molecule has 1 aliphatic rings. The molecule has 0 spiro atoms. The third kappa shape index (κ3) is 4.50. The number of nitrogen functional groups attached to an aromatic ring is 2. The SMILES string of the molecule is CN(C)S(=O)(=O)N(CC1(C)COC1)c1c(N)nc(-c2nn(Cc3ccccc3F)c3ncccc23)nc1N. The fraction of sp³-hybridized carbons (Fsp3) is 0.333. The van der Waals surface area contributed by atoms with Crippen LogP contribution in [0, 0.1) is 11.2 Å². The molecule has 4 heterocycles. The van der Waals surface area contributed by atoms with Crippen molar-refractivity contribution >= 4 is 38.6 Å². The Hall–Kier alpha value is -3.88. The molecule has 38 heavy (non-hydrogen) atoms. The molecule has 0 radical (unpaired) electrons. The van der Waals surface area contributed by atoms with E-state index in [1.165, 1.54) is 20.2 Å². The molecular weight excluding hydrogens is 513 g/mol. The molecule has 0 amide bonds. The Bertz CT molecular complexity index is 1600. The van der Waals surface area contributed by atoms with Crippen LogP contribution in [-0.2, 0) is 21.5 Å². The van der Waals surface area contributed by atoms with Crippen molar-refractivity contribution < 1.29 is 17.5 Å². The van der Waals surface area contributed by atoms with Gasteiger partial charge in [-0.15, -0.1) is 0 Å². The third-order valence-corrected chi connectivity index (χ3v) is 8.14. The van der Waals surface area contributed by atoms with Crippen molar-refractivity contribution in [1.29, 1.82) is 0 Å². The van der Waals surface area contributed by atoms with Crippen LogP contribution < -0.4 is 15.8 Å². The summed E-state index contributed by atoms with van der Waals surface area (Å²) < 4.78 is 50.0. The summed E-state index contributed by atoms with van der Waals surface area (Å²) in [7, 11) is -1.14. The maximum absolute atomic E-state index is 14.3. The van der Waals surface area contributed by atoms with Crippen LogP contribution in [0.2, 0.25) is 0 Å². The van der Waals surface area contributed by atoms with Crippen molar-refractivity contribution in [2.75, 3.05) is 49.6 Å². The van der Waals surface area contributed by atoms with Crippen molar-refractivity contribution in [3.8, 4) is 11.5 Å². The maximum atomic E-state index is 14.3. The predicted molar refractivity (Wildman–Crippen MR) is 142 cm³/mol. The molecule has 0 unspecified atom stereocenters. The molecule has 12 nitrogen and oxygen atoms in total. The lowest BCUT2D eigenvalue weighted by Gasteiger charge is -2.42. The number of nitrogens with two attached hydrogens (primary N) is 2. The minimum Gasteiger partial charge on any atom is -0.382 e. The van der Waals surface area contributed by atoms with E-state index < -0.39 is 15.6 Å². The van der Waals surface area contributed by atoms with E-state index in [2.05, 4.69) is 20.1 Å². The quantitative estimate of drug-likeness (QED) is 0.340. The van der Waals surface area contributed by atoms with E-state index in [9.17, 15) is 12.8 Å². The fourth-order valence-electron chi connectivity index (χ4n) is 4.29. The first-order valence-corrected chi connectivity index (χ1v) is 13.2. The molecule has 1 fully saturated rings. The summed E-state index contributed by atoms with van der Waals surface area (Å²) in [6.07, 6.45) is 1.60. The fourth-order valence-corrected chi connectivity index (χ4v) is 5.57. The van der Waals surface area contributed by atoms with Gasteiger partial charge in [0, 0.05) is 37.8 Å². The summed E-state index contributed by atoms with van der Waals surface area (Å²) in [5.74, 6) is -0.519. The molecule has 4 aromatic rings. The smallest absolute Gasteiger partial charge is 0.303 e. The lowest BCUT2D eigenvalue weighted by molar-refractivity contribution is -0.0941. The van der Waals surface area contributed by atoms with E-state index in [-0.39, 0.29) is 42.1 Å². The lowest BCUT2D eigenvalue weighted by atomic mass is 9.88. The van der Waals surface area contributed by atoms with Crippen LogP contribution in [0.15, 0.2) is 42.6 Å². The number of ether oxygens (including phenoxy) is 1. The van der Waals surface area contributed by atoms with Gasteiger partial charge >= 0.3 is 10.2 Å². The molecule has 0 atom stereocenters. The van der Waals surface area contributed by atoms with Gasteiger partial charge in [0.1, 0.15) is 17.2 Å². The van der Waals surface area contributed by atoms with E-state index in [0.717, 1.165) is 8.61 Å². The lowest BCUT2D eigenvalue weighted by Crippen LogP contribution is -2.53. The van der Waals surface area contributed by atoms with Crippen LogP contribution in [0.3, 0.4) is 0 Å². The highest BCUT2D eigenvalue weighted by Crippen LogP contribution is 2.38. The number of rotatable bonds is 8. The molecule has 1 saturated heterocycles. The second kappa shape index (κ2) is 9.45. The normalized spacial score (nSPS) is 15.1. The summed E-state index contributed by atoms with van der Waals surface area (Å²) in [6, 6.07) is 9.91. The van der Waals surface area contributed by atoms with Gasteiger partial charge in [0.2, 0.25) is 0 Å². The van der Waals surface area contributed by atoms with E-state index in [1.54, 1.807) is 41.2 Å². The number of hydrogen-bond acceptors (Lipinski definition) is 9. The second-order valence-corrected chi connectivity index (χ2v) is 11.8. The first-order chi connectivity index (χ1) is 18.0. The molecular formula is C24H28FN9O3S. The van der Waals surface area contributed by atoms with Gasteiger partial charge in [-0.1, -0.05) is 25.1 Å². The second-order valence-electron chi connectivity index (χ2n) is 9.74. The maximum Gasteiger partial charge on any atom is 0.303 e. The van der Waals surface area contributed by atoms with Crippen LogP contribution >= 0.6 is 0 Å². The van der Waals surface area contributed by atoms with Crippen LogP contribution in [0.25, 0.3) is 22.6 Å². The van der Waals surface area contributed by atoms with Gasteiger partial charge in [-0.25, -0.2) is 28.3 Å². The molecule has 5 rings (SSSR count). The minimum absolute atomic E-state index is 0.0104. The van der Waals surface area contributed by atoms with Crippen molar-refractivity contribution in [2.45, 2.75) is 13.5 Å². The molecule has 4 N–H and O–H groups in total. The largest absolute Gasteiger partial charge is 0.382 e. The number of pyridine rings is 1. The van der Waals surface area contributed by atoms with E-state index >= 15 is 0 Å². The van der Waals surface area contributed by atoms with E-state index in [4.69, 9.17) is 16.2 Å².